The number of thiocarbonyl (C=S) groups is 1. The molecule has 2 aromatic rings. The summed E-state index contributed by atoms with van der Waals surface area (Å²) < 4.78 is 20.2. The van der Waals surface area contributed by atoms with E-state index >= 15 is 0 Å². The smallest absolute Gasteiger partial charge is 0.338 e. The largest absolute Gasteiger partial charge is 0.481 e. The van der Waals surface area contributed by atoms with Gasteiger partial charge in [0.15, 0.2) is 16.0 Å². The molecule has 0 bridgehead atoms. The van der Waals surface area contributed by atoms with Crippen LogP contribution >= 0.6 is 23.6 Å². The van der Waals surface area contributed by atoms with Crippen LogP contribution in [0, 0.1) is 18.2 Å². The van der Waals surface area contributed by atoms with Crippen LogP contribution in [0.25, 0.3) is 0 Å². The standard InChI is InChI=1S/C29H35FN6O4S2/c1-5-40-26(37)22-21(15-34-10-11-36-18(13-34)14-35(28(36)41)16-29(3,4)27(38)39)32-24(25-31-9-12-42-25)33-23(22)19-7-6-8-20(30)17(19)2/h6-9,12,18,23H,5,10-11,13-16H2,1-4H3,(H,32,33)(H,38,39)/t18-,23-/m0/s1. The summed E-state index contributed by atoms with van der Waals surface area (Å²) in [5.41, 5.74) is 1.07. The van der Waals surface area contributed by atoms with Gasteiger partial charge in [-0.25, -0.2) is 14.2 Å². The Labute approximate surface area is 253 Å². The quantitative estimate of drug-likeness (QED) is 0.323. The minimum absolute atomic E-state index is 0.0828. The van der Waals surface area contributed by atoms with Crippen LogP contribution in [-0.4, -0.2) is 99.6 Å². The van der Waals surface area contributed by atoms with Crippen molar-refractivity contribution in [3.05, 3.63) is 63.0 Å². The zero-order valence-electron chi connectivity index (χ0n) is 24.1. The third-order valence-corrected chi connectivity index (χ3v) is 9.19. The molecule has 0 unspecified atom stereocenters. The predicted molar refractivity (Wildman–Crippen MR) is 162 cm³/mol. The number of thiazole rings is 1. The molecule has 2 saturated heterocycles. The highest BCUT2D eigenvalue weighted by atomic mass is 32.1. The lowest BCUT2D eigenvalue weighted by Gasteiger charge is -2.38. The number of rotatable bonds is 9. The van der Waals surface area contributed by atoms with E-state index in [0.29, 0.717) is 77.6 Å². The number of aliphatic carboxylic acids is 1. The van der Waals surface area contributed by atoms with E-state index in [1.807, 2.05) is 10.3 Å². The number of hydrogen-bond donors (Lipinski definition) is 2. The van der Waals surface area contributed by atoms with Gasteiger partial charge in [-0.1, -0.05) is 12.1 Å². The molecule has 224 valence electrons. The van der Waals surface area contributed by atoms with Crippen molar-refractivity contribution in [2.24, 2.45) is 10.4 Å². The summed E-state index contributed by atoms with van der Waals surface area (Å²) >= 11 is 7.16. The molecule has 1 aromatic heterocycles. The highest BCUT2D eigenvalue weighted by molar-refractivity contribution is 7.80. The second kappa shape index (κ2) is 12.1. The molecule has 2 atom stereocenters. The number of carboxylic acid groups (broad SMARTS) is 1. The van der Waals surface area contributed by atoms with E-state index in [1.165, 1.54) is 17.4 Å². The fourth-order valence-corrected chi connectivity index (χ4v) is 6.62. The molecule has 42 heavy (non-hydrogen) atoms. The topological polar surface area (TPSA) is 111 Å². The number of amidine groups is 1. The molecule has 1 aromatic carbocycles. The number of fused-ring (bicyclic) bond motifs is 1. The second-order valence-corrected chi connectivity index (χ2v) is 12.6. The number of esters is 1. The first kappa shape index (κ1) is 30.1. The minimum Gasteiger partial charge on any atom is -0.481 e. The van der Waals surface area contributed by atoms with E-state index in [1.54, 1.807) is 46.0 Å². The molecule has 0 saturated carbocycles. The number of piperazine rings is 1. The third-order valence-electron chi connectivity index (χ3n) is 7.92. The van der Waals surface area contributed by atoms with Crippen LogP contribution < -0.4 is 5.32 Å². The molecule has 0 aliphatic carbocycles. The van der Waals surface area contributed by atoms with Crippen molar-refractivity contribution in [3.63, 3.8) is 0 Å². The molecule has 4 heterocycles. The molecule has 3 aliphatic heterocycles. The molecular weight excluding hydrogens is 579 g/mol. The molecule has 2 fully saturated rings. The molecule has 0 amide bonds. The lowest BCUT2D eigenvalue weighted by atomic mass is 9.92. The number of aromatic nitrogens is 1. The molecule has 0 radical (unpaired) electrons. The van der Waals surface area contributed by atoms with E-state index in [4.69, 9.17) is 21.9 Å². The van der Waals surface area contributed by atoms with Gasteiger partial charge in [-0.3, -0.25) is 14.7 Å². The van der Waals surface area contributed by atoms with Gasteiger partial charge >= 0.3 is 11.9 Å². The van der Waals surface area contributed by atoms with Gasteiger partial charge in [0.05, 0.1) is 23.6 Å². The Bertz CT molecular complexity index is 1440. The van der Waals surface area contributed by atoms with Crippen molar-refractivity contribution in [2.75, 3.05) is 45.9 Å². The zero-order valence-corrected chi connectivity index (χ0v) is 25.7. The van der Waals surface area contributed by atoms with Crippen LogP contribution in [0.15, 0.2) is 46.0 Å². The number of carboxylic acids is 1. The van der Waals surface area contributed by atoms with Gasteiger partial charge in [0.2, 0.25) is 0 Å². The average Bonchev–Trinajstić information content (AvgIpc) is 3.58. The average molecular weight is 615 g/mol. The molecule has 2 N–H and O–H groups in total. The first-order chi connectivity index (χ1) is 20.0. The zero-order chi connectivity index (χ0) is 30.2. The number of benzene rings is 1. The minimum atomic E-state index is -0.931. The molecule has 5 rings (SSSR count). The first-order valence-electron chi connectivity index (χ1n) is 13.9. The number of nitrogens with one attached hydrogen (secondary N) is 1. The third kappa shape index (κ3) is 5.90. The van der Waals surface area contributed by atoms with Crippen molar-refractivity contribution in [3.8, 4) is 0 Å². The Balaban J connectivity index is 1.45. The van der Waals surface area contributed by atoms with E-state index < -0.39 is 23.4 Å². The Morgan fingerprint density at radius 2 is 2.07 bits per heavy atom. The Morgan fingerprint density at radius 3 is 2.76 bits per heavy atom. The van der Waals surface area contributed by atoms with Gasteiger partial charge in [0.25, 0.3) is 0 Å². The summed E-state index contributed by atoms with van der Waals surface area (Å²) in [6.07, 6.45) is 1.69. The highest BCUT2D eigenvalue weighted by Gasteiger charge is 2.42. The first-order valence-corrected chi connectivity index (χ1v) is 15.2. The van der Waals surface area contributed by atoms with Crippen molar-refractivity contribution in [1.29, 1.82) is 0 Å². The molecule has 13 heteroatoms. The van der Waals surface area contributed by atoms with Crippen molar-refractivity contribution >= 4 is 46.4 Å². The van der Waals surface area contributed by atoms with Crippen LogP contribution in [0.4, 0.5) is 4.39 Å². The van der Waals surface area contributed by atoms with Gasteiger partial charge < -0.3 is 25.0 Å². The van der Waals surface area contributed by atoms with Gasteiger partial charge in [0.1, 0.15) is 11.9 Å². The van der Waals surface area contributed by atoms with Crippen molar-refractivity contribution in [2.45, 2.75) is 39.8 Å². The Kier molecular flexibility index (Phi) is 8.63. The Hall–Kier alpha value is -3.42. The number of aliphatic imine (C=N–C) groups is 1. The van der Waals surface area contributed by atoms with Crippen LogP contribution in [-0.2, 0) is 14.3 Å². The van der Waals surface area contributed by atoms with E-state index in [2.05, 4.69) is 20.1 Å². The van der Waals surface area contributed by atoms with Gasteiger partial charge in [0, 0.05) is 56.5 Å². The number of hydrogen-bond acceptors (Lipinski definition) is 9. The number of carbonyl (C=O) groups is 2. The summed E-state index contributed by atoms with van der Waals surface area (Å²) in [6.45, 7) is 10.4. The number of ether oxygens (including phenoxy) is 1. The number of carbonyl (C=O) groups excluding carboxylic acids is 1. The van der Waals surface area contributed by atoms with Crippen LogP contribution in [0.3, 0.4) is 0 Å². The Morgan fingerprint density at radius 1 is 1.29 bits per heavy atom. The lowest BCUT2D eigenvalue weighted by Crippen LogP contribution is -2.53. The normalized spacial score (nSPS) is 21.3. The van der Waals surface area contributed by atoms with E-state index in [-0.39, 0.29) is 18.5 Å². The fourth-order valence-electron chi connectivity index (χ4n) is 5.65. The summed E-state index contributed by atoms with van der Waals surface area (Å²) in [7, 11) is 0. The molecule has 10 nitrogen and oxygen atoms in total. The lowest BCUT2D eigenvalue weighted by molar-refractivity contribution is -0.147. The predicted octanol–water partition coefficient (Wildman–Crippen LogP) is 3.20. The van der Waals surface area contributed by atoms with Crippen LogP contribution in [0.1, 0.15) is 42.9 Å². The highest BCUT2D eigenvalue weighted by Crippen LogP contribution is 2.36. The summed E-state index contributed by atoms with van der Waals surface area (Å²) in [6, 6.07) is 4.12. The summed E-state index contributed by atoms with van der Waals surface area (Å²) in [4.78, 5) is 40.9. The van der Waals surface area contributed by atoms with E-state index in [0.717, 1.165) is 0 Å². The van der Waals surface area contributed by atoms with Gasteiger partial charge in [-0.15, -0.1) is 11.3 Å². The van der Waals surface area contributed by atoms with Crippen LogP contribution in [0.5, 0.6) is 0 Å². The fraction of sp³-hybridized carbons (Fsp3) is 0.483. The maximum atomic E-state index is 14.7. The van der Waals surface area contributed by atoms with Gasteiger partial charge in [-0.2, -0.15) is 0 Å². The summed E-state index contributed by atoms with van der Waals surface area (Å²) in [5, 5.41) is 16.2. The monoisotopic (exact) mass is 614 g/mol. The molecule has 3 aliphatic rings. The summed E-state index contributed by atoms with van der Waals surface area (Å²) in [5.74, 6) is -1.21. The molecule has 0 spiro atoms. The van der Waals surface area contributed by atoms with Gasteiger partial charge in [-0.05, 0) is 57.1 Å². The maximum absolute atomic E-state index is 14.7. The number of nitrogens with zero attached hydrogens (tertiary/aromatic N) is 5. The SMILES string of the molecule is CCOC(=O)C1=C(CN2CCN3C(=S)N(CC(C)(C)C(=O)O)C[C@@H]3C2)NC(c2nccs2)=N[C@H]1c1cccc(F)c1C. The number of halogens is 1. The van der Waals surface area contributed by atoms with Crippen LogP contribution in [0.2, 0.25) is 0 Å². The second-order valence-electron chi connectivity index (χ2n) is 11.3. The maximum Gasteiger partial charge on any atom is 0.338 e. The van der Waals surface area contributed by atoms with Crippen molar-refractivity contribution < 1.29 is 23.8 Å². The molecular formula is C29H35FN6O4S2. The van der Waals surface area contributed by atoms with E-state index in [9.17, 15) is 19.1 Å². The van der Waals surface area contributed by atoms with Crippen molar-refractivity contribution in [1.82, 2.24) is 25.0 Å².